The number of nitrogens with one attached hydrogen (secondary N) is 1. The number of hydrogen-bond donors (Lipinski definition) is 1. The molecule has 1 aliphatic heterocycles. The van der Waals surface area contributed by atoms with Gasteiger partial charge >= 0.3 is 0 Å². The van der Waals surface area contributed by atoms with Crippen LogP contribution in [-0.2, 0) is 0 Å². The first-order chi connectivity index (χ1) is 11.5. The minimum Gasteiger partial charge on any atom is -0.454 e. The highest BCUT2D eigenvalue weighted by Gasteiger charge is 2.14. The van der Waals surface area contributed by atoms with E-state index in [1.165, 1.54) is 0 Å². The third-order valence-corrected chi connectivity index (χ3v) is 3.76. The van der Waals surface area contributed by atoms with Crippen molar-refractivity contribution < 1.29 is 14.3 Å². The number of amides is 1. The van der Waals surface area contributed by atoms with Crippen molar-refractivity contribution in [2.24, 2.45) is 5.10 Å². The van der Waals surface area contributed by atoms with Crippen LogP contribution in [0.3, 0.4) is 0 Å². The molecule has 0 fully saturated rings. The zero-order chi connectivity index (χ0) is 17.1. The van der Waals surface area contributed by atoms with Crippen LogP contribution in [0.1, 0.15) is 22.8 Å². The molecule has 1 amide bonds. The topological polar surface area (TPSA) is 63.2 Å². The van der Waals surface area contributed by atoms with E-state index in [2.05, 4.69) is 10.5 Å². The molecular weight excluding hydrogens is 306 g/mol. The molecule has 1 heterocycles. The first kappa shape index (κ1) is 15.9. The number of benzene rings is 2. The van der Waals surface area contributed by atoms with Crippen LogP contribution in [0.15, 0.2) is 47.6 Å². The summed E-state index contributed by atoms with van der Waals surface area (Å²) >= 11 is 0. The van der Waals surface area contributed by atoms with Crippen LogP contribution in [0.25, 0.3) is 0 Å². The minimum absolute atomic E-state index is 0.231. The van der Waals surface area contributed by atoms with E-state index in [9.17, 15) is 4.79 Å². The maximum absolute atomic E-state index is 12.2. The Hall–Kier alpha value is -3.02. The first-order valence-corrected chi connectivity index (χ1v) is 7.56. The number of fused-ring (bicyclic) bond motifs is 1. The number of rotatable bonds is 4. The zero-order valence-electron chi connectivity index (χ0n) is 13.9. The molecule has 24 heavy (non-hydrogen) atoms. The molecule has 3 rings (SSSR count). The Morgan fingerprint density at radius 2 is 1.71 bits per heavy atom. The number of carbonyl (C=O) groups is 1. The lowest BCUT2D eigenvalue weighted by molar-refractivity contribution is 0.0955. The van der Waals surface area contributed by atoms with Crippen molar-refractivity contribution in [3.05, 3.63) is 53.6 Å². The second-order valence-electron chi connectivity index (χ2n) is 5.65. The molecule has 0 saturated heterocycles. The fourth-order valence-corrected chi connectivity index (χ4v) is 2.30. The summed E-state index contributed by atoms with van der Waals surface area (Å²) in [5, 5.41) is 4.16. The van der Waals surface area contributed by atoms with Gasteiger partial charge in [-0.1, -0.05) is 0 Å². The van der Waals surface area contributed by atoms with Gasteiger partial charge in [0.2, 0.25) is 6.79 Å². The third kappa shape index (κ3) is 3.32. The Balaban J connectivity index is 1.69. The van der Waals surface area contributed by atoms with Gasteiger partial charge in [-0.3, -0.25) is 4.79 Å². The summed E-state index contributed by atoms with van der Waals surface area (Å²) in [6, 6.07) is 12.9. The van der Waals surface area contributed by atoms with Gasteiger partial charge in [0.1, 0.15) is 0 Å². The van der Waals surface area contributed by atoms with Gasteiger partial charge in [0.05, 0.1) is 5.71 Å². The molecule has 0 saturated carbocycles. The summed E-state index contributed by atoms with van der Waals surface area (Å²) in [4.78, 5) is 14.1. The fraction of sp³-hybridized carbons (Fsp3) is 0.222. The Labute approximate surface area is 140 Å². The van der Waals surface area contributed by atoms with Crippen LogP contribution in [-0.4, -0.2) is 32.5 Å². The normalized spacial score (nSPS) is 12.9. The van der Waals surface area contributed by atoms with Crippen LogP contribution < -0.4 is 19.8 Å². The van der Waals surface area contributed by atoms with Crippen molar-refractivity contribution in [3.8, 4) is 11.5 Å². The summed E-state index contributed by atoms with van der Waals surface area (Å²) in [6.07, 6.45) is 0. The van der Waals surface area contributed by atoms with Crippen molar-refractivity contribution in [1.29, 1.82) is 0 Å². The molecule has 6 nitrogen and oxygen atoms in total. The van der Waals surface area contributed by atoms with Gasteiger partial charge in [-0.15, -0.1) is 0 Å². The average molecular weight is 325 g/mol. The van der Waals surface area contributed by atoms with Crippen LogP contribution >= 0.6 is 0 Å². The lowest BCUT2D eigenvalue weighted by Crippen LogP contribution is -2.19. The minimum atomic E-state index is -0.250. The summed E-state index contributed by atoms with van der Waals surface area (Å²) in [6.45, 7) is 2.06. The fourth-order valence-electron chi connectivity index (χ4n) is 2.30. The predicted molar refractivity (Wildman–Crippen MR) is 93.0 cm³/mol. The third-order valence-electron chi connectivity index (χ3n) is 3.76. The molecule has 124 valence electrons. The molecule has 0 spiro atoms. The van der Waals surface area contributed by atoms with Gasteiger partial charge in [-0.25, -0.2) is 5.43 Å². The van der Waals surface area contributed by atoms with Crippen LogP contribution in [0.5, 0.6) is 11.5 Å². The maximum atomic E-state index is 12.2. The molecule has 0 radical (unpaired) electrons. The van der Waals surface area contributed by atoms with E-state index in [0.29, 0.717) is 17.0 Å². The molecule has 2 aromatic rings. The van der Waals surface area contributed by atoms with Crippen LogP contribution in [0, 0.1) is 0 Å². The highest BCUT2D eigenvalue weighted by atomic mass is 16.7. The molecule has 0 aliphatic carbocycles. The summed E-state index contributed by atoms with van der Waals surface area (Å²) in [5.41, 5.74) is 5.72. The number of anilines is 1. The summed E-state index contributed by atoms with van der Waals surface area (Å²) in [7, 11) is 3.90. The molecule has 2 aromatic carbocycles. The van der Waals surface area contributed by atoms with E-state index in [0.717, 1.165) is 17.0 Å². The number of hydrogen-bond acceptors (Lipinski definition) is 5. The van der Waals surface area contributed by atoms with Crippen molar-refractivity contribution in [2.75, 3.05) is 25.8 Å². The molecular formula is C18H19N3O3. The second kappa shape index (κ2) is 6.62. The highest BCUT2D eigenvalue weighted by molar-refractivity contribution is 6.01. The number of carbonyl (C=O) groups excluding carboxylic acids is 1. The van der Waals surface area contributed by atoms with Crippen molar-refractivity contribution in [3.63, 3.8) is 0 Å². The standard InChI is InChI=1S/C18H19N3O3/c1-12(14-6-9-16-17(10-14)24-11-23-16)19-20-18(22)13-4-7-15(8-5-13)21(2)3/h4-10H,11H2,1-3H3,(H,20,22). The van der Waals surface area contributed by atoms with E-state index in [1.807, 2.05) is 56.3 Å². The van der Waals surface area contributed by atoms with Gasteiger partial charge in [0.25, 0.3) is 5.91 Å². The largest absolute Gasteiger partial charge is 0.454 e. The van der Waals surface area contributed by atoms with Gasteiger partial charge in [-0.05, 0) is 49.4 Å². The van der Waals surface area contributed by atoms with E-state index in [-0.39, 0.29) is 12.7 Å². The van der Waals surface area contributed by atoms with E-state index < -0.39 is 0 Å². The molecule has 1 aliphatic rings. The monoisotopic (exact) mass is 325 g/mol. The lowest BCUT2D eigenvalue weighted by atomic mass is 10.1. The summed E-state index contributed by atoms with van der Waals surface area (Å²) < 4.78 is 10.6. The second-order valence-corrected chi connectivity index (χ2v) is 5.65. The Morgan fingerprint density at radius 1 is 1.04 bits per heavy atom. The SMILES string of the molecule is CC(=NNC(=O)c1ccc(N(C)C)cc1)c1ccc2c(c1)OCO2. The van der Waals surface area contributed by atoms with E-state index in [4.69, 9.17) is 9.47 Å². The molecule has 0 bridgehead atoms. The van der Waals surface area contributed by atoms with E-state index >= 15 is 0 Å². The quantitative estimate of drug-likeness (QED) is 0.693. The van der Waals surface area contributed by atoms with Crippen molar-refractivity contribution in [1.82, 2.24) is 5.43 Å². The van der Waals surface area contributed by atoms with Crippen molar-refractivity contribution in [2.45, 2.75) is 6.92 Å². The summed E-state index contributed by atoms with van der Waals surface area (Å²) in [5.74, 6) is 1.16. The van der Waals surface area contributed by atoms with Gasteiger partial charge in [0, 0.05) is 30.9 Å². The maximum Gasteiger partial charge on any atom is 0.271 e. The first-order valence-electron chi connectivity index (χ1n) is 7.56. The zero-order valence-corrected chi connectivity index (χ0v) is 13.9. The highest BCUT2D eigenvalue weighted by Crippen LogP contribution is 2.32. The lowest BCUT2D eigenvalue weighted by Gasteiger charge is -2.12. The average Bonchev–Trinajstić information content (AvgIpc) is 3.07. The molecule has 1 N–H and O–H groups in total. The van der Waals surface area contributed by atoms with Crippen LogP contribution in [0.4, 0.5) is 5.69 Å². The predicted octanol–water partition coefficient (Wildman–Crippen LogP) is 2.64. The molecule has 6 heteroatoms. The number of nitrogens with zero attached hydrogens (tertiary/aromatic N) is 2. The molecule has 0 unspecified atom stereocenters. The number of ether oxygens (including phenoxy) is 2. The van der Waals surface area contributed by atoms with E-state index in [1.54, 1.807) is 12.1 Å². The van der Waals surface area contributed by atoms with Gasteiger partial charge < -0.3 is 14.4 Å². The number of hydrazone groups is 1. The molecule has 0 atom stereocenters. The van der Waals surface area contributed by atoms with Crippen molar-refractivity contribution >= 4 is 17.3 Å². The Morgan fingerprint density at radius 3 is 2.42 bits per heavy atom. The smallest absolute Gasteiger partial charge is 0.271 e. The Kier molecular flexibility index (Phi) is 4.37. The van der Waals surface area contributed by atoms with Gasteiger partial charge in [-0.2, -0.15) is 5.10 Å². The molecule has 0 aromatic heterocycles. The Bertz CT molecular complexity index is 783. The van der Waals surface area contributed by atoms with Gasteiger partial charge in [0.15, 0.2) is 11.5 Å². The van der Waals surface area contributed by atoms with Crippen LogP contribution in [0.2, 0.25) is 0 Å².